The number of hydrogen-bond donors (Lipinski definition) is 1. The molecule has 3 heterocycles. The first-order valence-electron chi connectivity index (χ1n) is 8.02. The summed E-state index contributed by atoms with van der Waals surface area (Å²) in [6.45, 7) is 0.514. The molecule has 0 saturated carbocycles. The molecule has 0 unspecified atom stereocenters. The summed E-state index contributed by atoms with van der Waals surface area (Å²) in [5.74, 6) is 0.225. The van der Waals surface area contributed by atoms with Crippen LogP contribution in [0.1, 0.15) is 11.6 Å². The predicted molar refractivity (Wildman–Crippen MR) is 94.9 cm³/mol. The van der Waals surface area contributed by atoms with Crippen LogP contribution in [0.2, 0.25) is 0 Å². The monoisotopic (exact) mass is 332 g/mol. The number of pyridine rings is 1. The van der Waals surface area contributed by atoms with Crippen LogP contribution in [0.25, 0.3) is 22.8 Å². The van der Waals surface area contributed by atoms with Gasteiger partial charge in [-0.1, -0.05) is 18.2 Å². The number of aromatic nitrogens is 3. The first-order chi connectivity index (χ1) is 12.3. The Kier molecular flexibility index (Phi) is 4.00. The van der Waals surface area contributed by atoms with Gasteiger partial charge in [0.15, 0.2) is 5.58 Å². The SMILES string of the molecule is O=C(/C=C/c1nc2ccccc2o1)NCCc1cn2ccccc2n1. The average molecular weight is 332 g/mol. The number of benzene rings is 1. The number of carbonyl (C=O) groups excluding carboxylic acids is 1. The second-order valence-corrected chi connectivity index (χ2v) is 5.59. The highest BCUT2D eigenvalue weighted by Crippen LogP contribution is 2.15. The number of fused-ring (bicyclic) bond motifs is 2. The summed E-state index contributed by atoms with van der Waals surface area (Å²) in [6, 6.07) is 13.3. The fraction of sp³-hybridized carbons (Fsp3) is 0.105. The molecule has 1 N–H and O–H groups in total. The summed E-state index contributed by atoms with van der Waals surface area (Å²) in [6.07, 6.45) is 7.59. The van der Waals surface area contributed by atoms with Crippen LogP contribution in [0.5, 0.6) is 0 Å². The number of nitrogens with one attached hydrogen (secondary N) is 1. The topological polar surface area (TPSA) is 72.4 Å². The van der Waals surface area contributed by atoms with Gasteiger partial charge in [0, 0.05) is 37.5 Å². The van der Waals surface area contributed by atoms with Crippen LogP contribution in [0.4, 0.5) is 0 Å². The van der Waals surface area contributed by atoms with Gasteiger partial charge in [0.25, 0.3) is 0 Å². The molecule has 124 valence electrons. The average Bonchev–Trinajstić information content (AvgIpc) is 3.23. The molecule has 6 heteroatoms. The van der Waals surface area contributed by atoms with E-state index in [1.807, 2.05) is 59.3 Å². The zero-order valence-corrected chi connectivity index (χ0v) is 13.4. The number of para-hydroxylation sites is 2. The van der Waals surface area contributed by atoms with Crippen LogP contribution >= 0.6 is 0 Å². The normalized spacial score (nSPS) is 11.5. The number of nitrogens with zero attached hydrogens (tertiary/aromatic N) is 3. The first-order valence-corrected chi connectivity index (χ1v) is 8.02. The van der Waals surface area contributed by atoms with Crippen molar-refractivity contribution in [3.8, 4) is 0 Å². The first kappa shape index (κ1) is 15.1. The van der Waals surface area contributed by atoms with Crippen LogP contribution < -0.4 is 5.32 Å². The van der Waals surface area contributed by atoms with Crippen molar-refractivity contribution in [2.24, 2.45) is 0 Å². The molecule has 0 radical (unpaired) electrons. The minimum atomic E-state index is -0.189. The van der Waals surface area contributed by atoms with Crippen molar-refractivity contribution in [3.63, 3.8) is 0 Å². The summed E-state index contributed by atoms with van der Waals surface area (Å²) in [7, 11) is 0. The molecular weight excluding hydrogens is 316 g/mol. The minimum Gasteiger partial charge on any atom is -0.437 e. The van der Waals surface area contributed by atoms with Gasteiger partial charge in [0.1, 0.15) is 11.2 Å². The van der Waals surface area contributed by atoms with Gasteiger partial charge in [-0.25, -0.2) is 9.97 Å². The lowest BCUT2D eigenvalue weighted by Gasteiger charge is -1.99. The molecule has 1 amide bonds. The van der Waals surface area contributed by atoms with Gasteiger partial charge in [-0.2, -0.15) is 0 Å². The molecule has 25 heavy (non-hydrogen) atoms. The molecule has 0 atom stereocenters. The van der Waals surface area contributed by atoms with Gasteiger partial charge in [-0.05, 0) is 24.3 Å². The summed E-state index contributed by atoms with van der Waals surface area (Å²) < 4.78 is 7.50. The largest absolute Gasteiger partial charge is 0.437 e. The van der Waals surface area contributed by atoms with Crippen LogP contribution in [0.3, 0.4) is 0 Å². The van der Waals surface area contributed by atoms with Crippen molar-refractivity contribution in [2.45, 2.75) is 6.42 Å². The van der Waals surface area contributed by atoms with Crippen molar-refractivity contribution in [3.05, 3.63) is 72.5 Å². The third-order valence-corrected chi connectivity index (χ3v) is 3.78. The number of imidazole rings is 1. The van der Waals surface area contributed by atoms with Crippen molar-refractivity contribution in [2.75, 3.05) is 6.54 Å². The van der Waals surface area contributed by atoms with E-state index >= 15 is 0 Å². The Morgan fingerprint density at radius 2 is 2.04 bits per heavy atom. The molecule has 6 nitrogen and oxygen atoms in total. The zero-order chi connectivity index (χ0) is 17.1. The molecule has 4 rings (SSSR count). The second-order valence-electron chi connectivity index (χ2n) is 5.59. The number of hydrogen-bond acceptors (Lipinski definition) is 4. The van der Waals surface area contributed by atoms with Crippen molar-refractivity contribution in [1.29, 1.82) is 0 Å². The number of oxazole rings is 1. The Balaban J connectivity index is 1.32. The number of carbonyl (C=O) groups is 1. The van der Waals surface area contributed by atoms with Crippen LogP contribution in [0, 0.1) is 0 Å². The molecule has 1 aromatic carbocycles. The lowest BCUT2D eigenvalue weighted by Crippen LogP contribution is -2.23. The fourth-order valence-electron chi connectivity index (χ4n) is 2.59. The van der Waals surface area contributed by atoms with Gasteiger partial charge >= 0.3 is 0 Å². The summed E-state index contributed by atoms with van der Waals surface area (Å²) in [5, 5.41) is 2.84. The molecule has 0 aliphatic heterocycles. The van der Waals surface area contributed by atoms with Gasteiger partial charge in [-0.3, -0.25) is 4.79 Å². The lowest BCUT2D eigenvalue weighted by atomic mass is 10.3. The van der Waals surface area contributed by atoms with Gasteiger partial charge in [-0.15, -0.1) is 0 Å². The highest BCUT2D eigenvalue weighted by molar-refractivity contribution is 5.91. The zero-order valence-electron chi connectivity index (χ0n) is 13.4. The molecule has 0 fully saturated rings. The quantitative estimate of drug-likeness (QED) is 0.570. The maximum absolute atomic E-state index is 11.9. The molecule has 0 bridgehead atoms. The third-order valence-electron chi connectivity index (χ3n) is 3.78. The highest BCUT2D eigenvalue weighted by Gasteiger charge is 2.04. The van der Waals surface area contributed by atoms with Crippen molar-refractivity contribution in [1.82, 2.24) is 19.7 Å². The molecule has 0 aliphatic rings. The molecule has 4 aromatic rings. The highest BCUT2D eigenvalue weighted by atomic mass is 16.3. The van der Waals surface area contributed by atoms with E-state index in [4.69, 9.17) is 4.42 Å². The maximum atomic E-state index is 11.9. The van der Waals surface area contributed by atoms with E-state index in [1.54, 1.807) is 6.08 Å². The smallest absolute Gasteiger partial charge is 0.244 e. The summed E-state index contributed by atoms with van der Waals surface area (Å²) >= 11 is 0. The van der Waals surface area contributed by atoms with Crippen LogP contribution in [-0.4, -0.2) is 26.8 Å². The third kappa shape index (κ3) is 3.42. The van der Waals surface area contributed by atoms with E-state index in [0.29, 0.717) is 24.4 Å². The van der Waals surface area contributed by atoms with Crippen molar-refractivity contribution >= 4 is 28.7 Å². The predicted octanol–water partition coefficient (Wildman–Crippen LogP) is 2.85. The van der Waals surface area contributed by atoms with Crippen LogP contribution in [0.15, 0.2) is 65.4 Å². The minimum absolute atomic E-state index is 0.189. The van der Waals surface area contributed by atoms with E-state index in [0.717, 1.165) is 16.9 Å². The molecule has 3 aromatic heterocycles. The number of rotatable bonds is 5. The van der Waals surface area contributed by atoms with Gasteiger partial charge < -0.3 is 14.1 Å². The maximum Gasteiger partial charge on any atom is 0.244 e. The van der Waals surface area contributed by atoms with Gasteiger partial charge in [0.05, 0.1) is 5.69 Å². The lowest BCUT2D eigenvalue weighted by molar-refractivity contribution is -0.116. The van der Waals surface area contributed by atoms with E-state index < -0.39 is 0 Å². The van der Waals surface area contributed by atoms with E-state index in [1.165, 1.54) is 6.08 Å². The Labute approximate surface area is 143 Å². The summed E-state index contributed by atoms with van der Waals surface area (Å²) in [5.41, 5.74) is 3.32. The van der Waals surface area contributed by atoms with E-state index in [-0.39, 0.29) is 5.91 Å². The Bertz CT molecular complexity index is 995. The fourth-order valence-corrected chi connectivity index (χ4v) is 2.59. The van der Waals surface area contributed by atoms with E-state index in [9.17, 15) is 4.79 Å². The van der Waals surface area contributed by atoms with E-state index in [2.05, 4.69) is 15.3 Å². The second kappa shape index (κ2) is 6.60. The Morgan fingerprint density at radius 1 is 1.16 bits per heavy atom. The molecular formula is C19H16N4O2. The van der Waals surface area contributed by atoms with Crippen LogP contribution in [-0.2, 0) is 11.2 Å². The Hall–Kier alpha value is -3.41. The molecule has 0 spiro atoms. The Morgan fingerprint density at radius 3 is 2.92 bits per heavy atom. The molecule has 0 saturated heterocycles. The molecule has 0 aliphatic carbocycles. The standard InChI is InChI=1S/C19H16N4O2/c24-18(8-9-19-22-15-5-1-2-6-16(15)25-19)20-11-10-14-13-23-12-4-3-7-17(23)21-14/h1-9,12-13H,10-11H2,(H,20,24)/b9-8+. The number of amides is 1. The van der Waals surface area contributed by atoms with Crippen molar-refractivity contribution < 1.29 is 9.21 Å². The van der Waals surface area contributed by atoms with Gasteiger partial charge in [0.2, 0.25) is 11.8 Å². The summed E-state index contributed by atoms with van der Waals surface area (Å²) in [4.78, 5) is 20.7.